The van der Waals surface area contributed by atoms with Crippen LogP contribution in [0.2, 0.25) is 0 Å². The maximum Gasteiger partial charge on any atom is 0.354 e. The first kappa shape index (κ1) is 14.4. The fraction of sp³-hybridized carbons (Fsp3) is 0.267. The van der Waals surface area contributed by atoms with Crippen LogP contribution in [0.1, 0.15) is 29.2 Å². The second kappa shape index (κ2) is 5.15. The van der Waals surface area contributed by atoms with Crippen molar-refractivity contribution in [3.05, 3.63) is 36.0 Å². The average molecular weight is 326 g/mol. The summed E-state index contributed by atoms with van der Waals surface area (Å²) >= 11 is 0. The van der Waals surface area contributed by atoms with Gasteiger partial charge in [-0.15, -0.1) is 5.10 Å². The number of aromatic nitrogens is 5. The Hall–Kier alpha value is -3.23. The lowest BCUT2D eigenvalue weighted by molar-refractivity contribution is -0.117. The zero-order chi connectivity index (χ0) is 16.8. The zero-order valence-electron chi connectivity index (χ0n) is 12.8. The van der Waals surface area contributed by atoms with Crippen molar-refractivity contribution in [2.75, 3.05) is 5.32 Å². The number of pyridine rings is 1. The van der Waals surface area contributed by atoms with Crippen LogP contribution < -0.4 is 5.32 Å². The monoisotopic (exact) mass is 326 g/mol. The molecule has 1 aliphatic rings. The number of aryl methyl sites for hydroxylation is 1. The van der Waals surface area contributed by atoms with Crippen LogP contribution in [0.25, 0.3) is 11.3 Å². The first-order valence-electron chi connectivity index (χ1n) is 7.49. The summed E-state index contributed by atoms with van der Waals surface area (Å²) in [6, 6.07) is 3.10. The van der Waals surface area contributed by atoms with Gasteiger partial charge in [0.15, 0.2) is 11.3 Å². The molecule has 9 heteroatoms. The van der Waals surface area contributed by atoms with Gasteiger partial charge in [-0.2, -0.15) is 4.98 Å². The van der Waals surface area contributed by atoms with Crippen molar-refractivity contribution in [2.24, 2.45) is 5.92 Å². The molecule has 2 N–H and O–H groups in total. The molecule has 1 saturated carbocycles. The van der Waals surface area contributed by atoms with Gasteiger partial charge < -0.3 is 9.67 Å². The van der Waals surface area contributed by atoms with Gasteiger partial charge in [-0.05, 0) is 31.9 Å². The lowest BCUT2D eigenvalue weighted by atomic mass is 10.3. The molecule has 9 nitrogen and oxygen atoms in total. The van der Waals surface area contributed by atoms with E-state index in [2.05, 4.69) is 20.4 Å². The van der Waals surface area contributed by atoms with Crippen LogP contribution in [0, 0.1) is 12.8 Å². The normalized spacial score (nSPS) is 14.0. The Bertz CT molecular complexity index is 969. The van der Waals surface area contributed by atoms with E-state index in [1.54, 1.807) is 23.0 Å². The van der Waals surface area contributed by atoms with Crippen molar-refractivity contribution < 1.29 is 14.7 Å². The highest BCUT2D eigenvalue weighted by molar-refractivity contribution is 5.93. The van der Waals surface area contributed by atoms with Crippen molar-refractivity contribution in [1.82, 2.24) is 24.1 Å². The summed E-state index contributed by atoms with van der Waals surface area (Å²) in [7, 11) is 0. The minimum atomic E-state index is -1.13. The topological polar surface area (TPSA) is 114 Å². The number of carbonyl (C=O) groups is 2. The minimum absolute atomic E-state index is 0.00548. The summed E-state index contributed by atoms with van der Waals surface area (Å²) in [4.78, 5) is 31.8. The smallest absolute Gasteiger partial charge is 0.354 e. The van der Waals surface area contributed by atoms with Gasteiger partial charge >= 0.3 is 5.97 Å². The molecule has 1 aliphatic carbocycles. The molecule has 0 atom stereocenters. The summed E-state index contributed by atoms with van der Waals surface area (Å²) in [6.07, 6.45) is 5.11. The number of hydrogen-bond donors (Lipinski definition) is 2. The predicted molar refractivity (Wildman–Crippen MR) is 83.2 cm³/mol. The third-order valence-electron chi connectivity index (χ3n) is 3.95. The second-order valence-electron chi connectivity index (χ2n) is 5.69. The highest BCUT2D eigenvalue weighted by Gasteiger charge is 2.30. The number of anilines is 1. The number of rotatable bonds is 4. The van der Waals surface area contributed by atoms with Crippen molar-refractivity contribution in [3.63, 3.8) is 0 Å². The number of hydrogen-bond acceptors (Lipinski definition) is 5. The number of carboxylic acid groups (broad SMARTS) is 1. The summed E-state index contributed by atoms with van der Waals surface area (Å²) in [5.74, 6) is -0.431. The van der Waals surface area contributed by atoms with Gasteiger partial charge in [-0.3, -0.25) is 10.1 Å². The average Bonchev–Trinajstić information content (AvgIpc) is 3.19. The molecule has 122 valence electrons. The number of carboxylic acids is 1. The largest absolute Gasteiger partial charge is 0.477 e. The zero-order valence-corrected chi connectivity index (χ0v) is 12.8. The highest BCUT2D eigenvalue weighted by atomic mass is 16.4. The molecule has 3 aromatic heterocycles. The molecule has 0 spiro atoms. The van der Waals surface area contributed by atoms with Gasteiger partial charge in [-0.1, -0.05) is 0 Å². The summed E-state index contributed by atoms with van der Waals surface area (Å²) in [6.45, 7) is 1.83. The fourth-order valence-electron chi connectivity index (χ4n) is 2.54. The molecule has 3 aromatic rings. The number of aromatic carboxylic acids is 1. The standard InChI is InChI=1S/C15H14N6O3/c1-8-16-6-7-20(8)10-4-5-11(14(23)24)21-12(10)17-15(19-21)18-13(22)9-2-3-9/h4-7,9H,2-3H2,1H3,(H,23,24)(H,18,19,22). The van der Waals surface area contributed by atoms with E-state index in [4.69, 9.17) is 0 Å². The molecule has 4 rings (SSSR count). The first-order chi connectivity index (χ1) is 11.5. The number of nitrogens with one attached hydrogen (secondary N) is 1. The molecule has 3 heterocycles. The number of amides is 1. The van der Waals surface area contributed by atoms with Gasteiger partial charge in [0, 0.05) is 18.3 Å². The molecular weight excluding hydrogens is 312 g/mol. The number of nitrogens with zero attached hydrogens (tertiary/aromatic N) is 5. The van der Waals surface area contributed by atoms with E-state index in [9.17, 15) is 14.7 Å². The molecule has 0 aromatic carbocycles. The Morgan fingerprint density at radius 3 is 2.75 bits per heavy atom. The Balaban J connectivity index is 1.86. The van der Waals surface area contributed by atoms with Crippen molar-refractivity contribution in [1.29, 1.82) is 0 Å². The van der Waals surface area contributed by atoms with Crippen molar-refractivity contribution >= 4 is 23.5 Å². The Labute approximate surface area is 136 Å². The molecule has 0 aliphatic heterocycles. The third-order valence-corrected chi connectivity index (χ3v) is 3.95. The number of fused-ring (bicyclic) bond motifs is 1. The fourth-order valence-corrected chi connectivity index (χ4v) is 2.54. The van der Waals surface area contributed by atoms with E-state index in [1.807, 2.05) is 6.92 Å². The van der Waals surface area contributed by atoms with E-state index in [0.717, 1.165) is 18.7 Å². The Morgan fingerprint density at radius 2 is 2.12 bits per heavy atom. The molecule has 0 saturated heterocycles. The highest BCUT2D eigenvalue weighted by Crippen LogP contribution is 2.30. The number of carbonyl (C=O) groups excluding carboxylic acids is 1. The quantitative estimate of drug-likeness (QED) is 0.746. The SMILES string of the molecule is Cc1nccn1-c1ccc(C(=O)O)n2nc(NC(=O)C3CC3)nc12. The summed E-state index contributed by atoms with van der Waals surface area (Å²) in [5, 5.41) is 16.1. The lowest BCUT2D eigenvalue weighted by Crippen LogP contribution is -2.14. The van der Waals surface area contributed by atoms with Crippen LogP contribution in [0.5, 0.6) is 0 Å². The first-order valence-corrected chi connectivity index (χ1v) is 7.49. The van der Waals surface area contributed by atoms with Crippen LogP contribution in [-0.4, -0.2) is 41.1 Å². The van der Waals surface area contributed by atoms with E-state index in [-0.39, 0.29) is 23.5 Å². The maximum absolute atomic E-state index is 11.9. The molecule has 1 amide bonds. The molecule has 0 bridgehead atoms. The summed E-state index contributed by atoms with van der Waals surface area (Å²) < 4.78 is 3.00. The maximum atomic E-state index is 11.9. The van der Waals surface area contributed by atoms with Gasteiger partial charge in [0.2, 0.25) is 11.9 Å². The lowest BCUT2D eigenvalue weighted by Gasteiger charge is -2.07. The van der Waals surface area contributed by atoms with Crippen LogP contribution >= 0.6 is 0 Å². The Kier molecular flexibility index (Phi) is 3.08. The van der Waals surface area contributed by atoms with Crippen LogP contribution in [0.3, 0.4) is 0 Å². The van der Waals surface area contributed by atoms with E-state index in [1.165, 1.54) is 10.6 Å². The van der Waals surface area contributed by atoms with Gasteiger partial charge in [-0.25, -0.2) is 14.3 Å². The van der Waals surface area contributed by atoms with E-state index >= 15 is 0 Å². The minimum Gasteiger partial charge on any atom is -0.477 e. The van der Waals surface area contributed by atoms with Crippen LogP contribution in [-0.2, 0) is 4.79 Å². The molecule has 24 heavy (non-hydrogen) atoms. The van der Waals surface area contributed by atoms with Crippen LogP contribution in [0.15, 0.2) is 24.5 Å². The summed E-state index contributed by atoms with van der Waals surface area (Å²) in [5.41, 5.74) is 0.933. The second-order valence-corrected chi connectivity index (χ2v) is 5.69. The van der Waals surface area contributed by atoms with Gasteiger partial charge in [0.25, 0.3) is 0 Å². The van der Waals surface area contributed by atoms with Gasteiger partial charge in [0.05, 0.1) is 5.69 Å². The van der Waals surface area contributed by atoms with Crippen molar-refractivity contribution in [2.45, 2.75) is 19.8 Å². The van der Waals surface area contributed by atoms with Crippen LogP contribution in [0.4, 0.5) is 5.95 Å². The van der Waals surface area contributed by atoms with Crippen molar-refractivity contribution in [3.8, 4) is 5.69 Å². The molecule has 0 unspecified atom stereocenters. The third kappa shape index (κ3) is 2.30. The Morgan fingerprint density at radius 1 is 1.33 bits per heavy atom. The van der Waals surface area contributed by atoms with Gasteiger partial charge in [0.1, 0.15) is 5.82 Å². The molecule has 0 radical (unpaired) electrons. The predicted octanol–water partition coefficient (Wildman–Crippen LogP) is 1.27. The molecular formula is C15H14N6O3. The van der Waals surface area contributed by atoms with E-state index < -0.39 is 5.97 Å². The number of imidazole rings is 1. The molecule has 1 fully saturated rings. The van der Waals surface area contributed by atoms with E-state index in [0.29, 0.717) is 11.3 Å².